The number of phenols is 1. The Morgan fingerprint density at radius 1 is 1.04 bits per heavy atom. The predicted octanol–water partition coefficient (Wildman–Crippen LogP) is 3.47. The molecule has 2 aromatic rings. The van der Waals surface area contributed by atoms with E-state index < -0.39 is 0 Å². The normalized spacial score (nSPS) is 23.7. The van der Waals surface area contributed by atoms with Crippen LogP contribution in [0.4, 0.5) is 0 Å². The Labute approximate surface area is 158 Å². The smallest absolute Gasteiger partial charge is 0.231 e. The molecule has 3 heterocycles. The molecule has 0 aliphatic carbocycles. The second-order valence-corrected chi connectivity index (χ2v) is 7.25. The summed E-state index contributed by atoms with van der Waals surface area (Å²) in [6.45, 7) is 2.31. The summed E-state index contributed by atoms with van der Waals surface area (Å²) < 4.78 is 22.8. The molecule has 0 aromatic heterocycles. The molecule has 0 bridgehead atoms. The van der Waals surface area contributed by atoms with Crippen LogP contribution in [-0.4, -0.2) is 43.2 Å². The second kappa shape index (κ2) is 6.53. The minimum atomic E-state index is -0.0176. The van der Waals surface area contributed by atoms with Gasteiger partial charge in [-0.15, -0.1) is 0 Å². The summed E-state index contributed by atoms with van der Waals surface area (Å²) in [5, 5.41) is 10.8. The molecule has 2 unspecified atom stereocenters. The average molecular weight is 369 g/mol. The summed E-state index contributed by atoms with van der Waals surface area (Å²) >= 11 is 0. The van der Waals surface area contributed by atoms with Crippen molar-refractivity contribution in [3.63, 3.8) is 0 Å². The molecule has 3 aliphatic heterocycles. The monoisotopic (exact) mass is 369 g/mol. The van der Waals surface area contributed by atoms with Crippen LogP contribution in [-0.2, 0) is 0 Å². The fraction of sp³-hybridized carbons (Fsp3) is 0.429. The largest absolute Gasteiger partial charge is 0.504 e. The van der Waals surface area contributed by atoms with Gasteiger partial charge >= 0.3 is 0 Å². The van der Waals surface area contributed by atoms with E-state index in [0.717, 1.165) is 42.1 Å². The van der Waals surface area contributed by atoms with E-state index in [1.54, 1.807) is 13.2 Å². The van der Waals surface area contributed by atoms with Crippen LogP contribution in [0.3, 0.4) is 0 Å². The first-order valence-electron chi connectivity index (χ1n) is 9.44. The molecular formula is C21H23NO5. The van der Waals surface area contributed by atoms with E-state index in [2.05, 4.69) is 4.90 Å². The van der Waals surface area contributed by atoms with E-state index >= 15 is 0 Å². The summed E-state index contributed by atoms with van der Waals surface area (Å²) in [5.41, 5.74) is 1.86. The number of likely N-dealkylation sites (tertiary alicyclic amines) is 1. The molecule has 1 saturated heterocycles. The van der Waals surface area contributed by atoms with E-state index in [1.165, 1.54) is 12.8 Å². The maximum absolute atomic E-state index is 10.8. The lowest BCUT2D eigenvalue weighted by atomic mass is 9.84. The fourth-order valence-electron chi connectivity index (χ4n) is 4.37. The zero-order chi connectivity index (χ0) is 18.4. The summed E-state index contributed by atoms with van der Waals surface area (Å²) in [4.78, 5) is 2.39. The van der Waals surface area contributed by atoms with Crippen molar-refractivity contribution in [2.75, 3.05) is 27.0 Å². The van der Waals surface area contributed by atoms with Gasteiger partial charge in [-0.2, -0.15) is 0 Å². The van der Waals surface area contributed by atoms with Crippen molar-refractivity contribution < 1.29 is 24.1 Å². The maximum atomic E-state index is 10.8. The van der Waals surface area contributed by atoms with Crippen molar-refractivity contribution >= 4 is 0 Å². The highest BCUT2D eigenvalue weighted by atomic mass is 16.7. The first kappa shape index (κ1) is 16.6. The number of ether oxygens (including phenoxy) is 4. The average Bonchev–Trinajstić information content (AvgIpc) is 3.37. The molecule has 0 spiro atoms. The molecule has 3 aliphatic rings. The minimum Gasteiger partial charge on any atom is -0.504 e. The summed E-state index contributed by atoms with van der Waals surface area (Å²) in [6, 6.07) is 9.56. The van der Waals surface area contributed by atoms with Gasteiger partial charge in [0.15, 0.2) is 29.2 Å². The highest BCUT2D eigenvalue weighted by Crippen LogP contribution is 2.50. The van der Waals surface area contributed by atoms with Crippen LogP contribution in [0.25, 0.3) is 0 Å². The third kappa shape index (κ3) is 2.75. The fourth-order valence-corrected chi connectivity index (χ4v) is 4.37. The number of benzene rings is 2. The molecular weight excluding hydrogens is 346 g/mol. The number of methoxy groups -OCH3 is 1. The number of fused-ring (bicyclic) bond motifs is 2. The van der Waals surface area contributed by atoms with Crippen LogP contribution in [0, 0.1) is 0 Å². The number of aromatic hydroxyl groups is 1. The molecule has 5 rings (SSSR count). The third-order valence-corrected chi connectivity index (χ3v) is 5.75. The van der Waals surface area contributed by atoms with E-state index in [1.807, 2.05) is 24.3 Å². The minimum absolute atomic E-state index is 0.0102. The van der Waals surface area contributed by atoms with Gasteiger partial charge in [0.25, 0.3) is 0 Å². The van der Waals surface area contributed by atoms with E-state index in [9.17, 15) is 5.11 Å². The van der Waals surface area contributed by atoms with Crippen LogP contribution >= 0.6 is 0 Å². The van der Waals surface area contributed by atoms with Crippen LogP contribution in [0.15, 0.2) is 30.3 Å². The number of rotatable bonds is 3. The standard InChI is InChI=1S/C21H23NO5/c1-24-16-6-4-5-13(21(16)23)14-10-20(22-7-2-3-8-22)27-17-11-19-18(9-15(14)17)25-12-26-19/h4-6,9,11,14,20,23H,2-3,7-8,10,12H2,1H3. The molecule has 0 saturated carbocycles. The number of hydrogen-bond donors (Lipinski definition) is 1. The molecule has 142 valence electrons. The van der Waals surface area contributed by atoms with Gasteiger partial charge in [0.2, 0.25) is 6.79 Å². The summed E-state index contributed by atoms with van der Waals surface area (Å²) in [7, 11) is 1.57. The number of nitrogens with zero attached hydrogens (tertiary/aromatic N) is 1. The van der Waals surface area contributed by atoms with Gasteiger partial charge in [0.1, 0.15) is 5.75 Å². The predicted molar refractivity (Wildman–Crippen MR) is 98.9 cm³/mol. The van der Waals surface area contributed by atoms with Crippen molar-refractivity contribution in [2.24, 2.45) is 0 Å². The van der Waals surface area contributed by atoms with Crippen LogP contribution in [0.1, 0.15) is 36.3 Å². The molecule has 1 fully saturated rings. The molecule has 1 N–H and O–H groups in total. The molecule has 0 amide bonds. The quantitative estimate of drug-likeness (QED) is 0.894. The van der Waals surface area contributed by atoms with Gasteiger partial charge < -0.3 is 24.1 Å². The zero-order valence-electron chi connectivity index (χ0n) is 15.3. The van der Waals surface area contributed by atoms with Gasteiger partial charge in [-0.25, -0.2) is 0 Å². The topological polar surface area (TPSA) is 60.4 Å². The lowest BCUT2D eigenvalue weighted by molar-refractivity contribution is 0.0211. The van der Waals surface area contributed by atoms with Gasteiger partial charge in [0.05, 0.1) is 7.11 Å². The van der Waals surface area contributed by atoms with E-state index in [-0.39, 0.29) is 24.7 Å². The van der Waals surface area contributed by atoms with Gasteiger partial charge in [-0.05, 0) is 25.0 Å². The Bertz CT molecular complexity index is 862. The van der Waals surface area contributed by atoms with Crippen molar-refractivity contribution in [1.29, 1.82) is 0 Å². The first-order chi connectivity index (χ1) is 13.2. The second-order valence-electron chi connectivity index (χ2n) is 7.25. The third-order valence-electron chi connectivity index (χ3n) is 5.75. The number of phenolic OH excluding ortho intramolecular Hbond substituents is 1. The maximum Gasteiger partial charge on any atom is 0.231 e. The van der Waals surface area contributed by atoms with Gasteiger partial charge in [-0.3, -0.25) is 4.90 Å². The lowest BCUT2D eigenvalue weighted by Gasteiger charge is -2.37. The Morgan fingerprint density at radius 2 is 1.81 bits per heavy atom. The van der Waals surface area contributed by atoms with Gasteiger partial charge in [-0.1, -0.05) is 12.1 Å². The summed E-state index contributed by atoms with van der Waals surface area (Å²) in [5.74, 6) is 2.90. The number of para-hydroxylation sites is 1. The van der Waals surface area contributed by atoms with E-state index in [4.69, 9.17) is 18.9 Å². The van der Waals surface area contributed by atoms with E-state index in [0.29, 0.717) is 11.5 Å². The van der Waals surface area contributed by atoms with Crippen LogP contribution in [0.5, 0.6) is 28.7 Å². The number of hydrogen-bond acceptors (Lipinski definition) is 6. The van der Waals surface area contributed by atoms with Crippen LogP contribution in [0.2, 0.25) is 0 Å². The zero-order valence-corrected chi connectivity index (χ0v) is 15.3. The lowest BCUT2D eigenvalue weighted by Crippen LogP contribution is -2.41. The first-order valence-corrected chi connectivity index (χ1v) is 9.44. The molecule has 2 atom stereocenters. The molecule has 27 heavy (non-hydrogen) atoms. The van der Waals surface area contributed by atoms with Crippen molar-refractivity contribution in [2.45, 2.75) is 31.4 Å². The highest BCUT2D eigenvalue weighted by molar-refractivity contribution is 5.58. The molecule has 2 aromatic carbocycles. The van der Waals surface area contributed by atoms with Crippen LogP contribution < -0.4 is 18.9 Å². The highest BCUT2D eigenvalue weighted by Gasteiger charge is 2.37. The van der Waals surface area contributed by atoms with Crippen molar-refractivity contribution in [3.05, 3.63) is 41.5 Å². The Morgan fingerprint density at radius 3 is 2.59 bits per heavy atom. The SMILES string of the molecule is COc1cccc(C2CC(N3CCCC3)Oc3cc4c(cc32)OCO4)c1O. The van der Waals surface area contributed by atoms with Gasteiger partial charge in [0, 0.05) is 42.6 Å². The Hall–Kier alpha value is -2.60. The summed E-state index contributed by atoms with van der Waals surface area (Å²) in [6.07, 6.45) is 3.15. The van der Waals surface area contributed by atoms with Crippen molar-refractivity contribution in [3.8, 4) is 28.7 Å². The molecule has 6 heteroatoms. The Kier molecular flexibility index (Phi) is 4.01. The molecule has 6 nitrogen and oxygen atoms in total. The van der Waals surface area contributed by atoms with Crippen molar-refractivity contribution in [1.82, 2.24) is 4.90 Å². The molecule has 0 radical (unpaired) electrons. The Balaban J connectivity index is 1.61.